The summed E-state index contributed by atoms with van der Waals surface area (Å²) in [6.45, 7) is 3.08. The lowest BCUT2D eigenvalue weighted by Crippen LogP contribution is -2.39. The summed E-state index contributed by atoms with van der Waals surface area (Å²) < 4.78 is 27.7. The van der Waals surface area contributed by atoms with E-state index in [4.69, 9.17) is 0 Å². The van der Waals surface area contributed by atoms with Gasteiger partial charge in [-0.15, -0.1) is 5.10 Å². The topological polar surface area (TPSA) is 80.9 Å². The lowest BCUT2D eigenvalue weighted by Gasteiger charge is -2.24. The van der Waals surface area contributed by atoms with E-state index in [2.05, 4.69) is 15.5 Å². The fraction of sp³-hybridized carbons (Fsp3) is 0.333. The zero-order valence-electron chi connectivity index (χ0n) is 10.8. The number of tetrazole rings is 1. The van der Waals surface area contributed by atoms with E-state index in [0.717, 1.165) is 10.7 Å². The molecular formula is C12H12F2N4O2. The van der Waals surface area contributed by atoms with Crippen molar-refractivity contribution >= 4 is 5.97 Å². The molecule has 0 amide bonds. The summed E-state index contributed by atoms with van der Waals surface area (Å²) >= 11 is 0. The number of benzene rings is 1. The van der Waals surface area contributed by atoms with Crippen molar-refractivity contribution in [1.29, 1.82) is 0 Å². The van der Waals surface area contributed by atoms with Gasteiger partial charge in [-0.05, 0) is 35.9 Å². The fourth-order valence-electron chi connectivity index (χ4n) is 1.75. The molecule has 0 aliphatic heterocycles. The third-order valence-electron chi connectivity index (χ3n) is 3.26. The third kappa shape index (κ3) is 2.13. The first-order valence-electron chi connectivity index (χ1n) is 5.88. The van der Waals surface area contributed by atoms with Crippen molar-refractivity contribution in [3.63, 3.8) is 0 Å². The Morgan fingerprint density at radius 1 is 1.45 bits per heavy atom. The van der Waals surface area contributed by atoms with Crippen LogP contribution in [0.1, 0.15) is 20.3 Å². The van der Waals surface area contributed by atoms with E-state index in [1.165, 1.54) is 13.0 Å². The van der Waals surface area contributed by atoms with E-state index in [0.29, 0.717) is 6.07 Å². The van der Waals surface area contributed by atoms with Crippen molar-refractivity contribution in [1.82, 2.24) is 20.2 Å². The predicted molar refractivity (Wildman–Crippen MR) is 64.7 cm³/mol. The van der Waals surface area contributed by atoms with Gasteiger partial charge >= 0.3 is 5.97 Å². The number of rotatable bonds is 4. The molecule has 0 aliphatic rings. The molecule has 1 heterocycles. The second-order valence-corrected chi connectivity index (χ2v) is 4.47. The molecule has 8 heteroatoms. The highest BCUT2D eigenvalue weighted by Gasteiger charge is 2.37. The van der Waals surface area contributed by atoms with Gasteiger partial charge in [0, 0.05) is 6.07 Å². The number of halogens is 2. The molecule has 0 fully saturated rings. The van der Waals surface area contributed by atoms with Crippen LogP contribution >= 0.6 is 0 Å². The molecule has 0 bridgehead atoms. The number of carboxylic acids is 1. The Bertz CT molecular complexity index is 659. The second-order valence-electron chi connectivity index (χ2n) is 4.47. The minimum absolute atomic E-state index is 0.0580. The quantitative estimate of drug-likeness (QED) is 0.925. The normalized spacial score (nSPS) is 14.0. The second kappa shape index (κ2) is 4.95. The van der Waals surface area contributed by atoms with E-state index in [-0.39, 0.29) is 17.8 Å². The number of aromatic nitrogens is 4. The van der Waals surface area contributed by atoms with Gasteiger partial charge in [0.05, 0.1) is 5.56 Å². The molecule has 0 saturated heterocycles. The Balaban J connectivity index is 2.61. The van der Waals surface area contributed by atoms with Crippen molar-refractivity contribution in [2.45, 2.75) is 25.8 Å². The van der Waals surface area contributed by atoms with Gasteiger partial charge in [0.2, 0.25) is 0 Å². The minimum atomic E-state index is -1.42. The van der Waals surface area contributed by atoms with Gasteiger partial charge in [-0.3, -0.25) is 0 Å². The van der Waals surface area contributed by atoms with E-state index in [1.54, 1.807) is 6.92 Å². The number of hydrogen-bond donors (Lipinski definition) is 1. The van der Waals surface area contributed by atoms with Gasteiger partial charge in [-0.1, -0.05) is 6.92 Å². The summed E-state index contributed by atoms with van der Waals surface area (Å²) in [5.74, 6) is -2.79. The molecule has 1 atom stereocenters. The van der Waals surface area contributed by atoms with Gasteiger partial charge in [-0.25, -0.2) is 18.3 Å². The van der Waals surface area contributed by atoms with Crippen LogP contribution in [0, 0.1) is 11.6 Å². The average Bonchev–Trinajstić information content (AvgIpc) is 2.87. The fourth-order valence-corrected chi connectivity index (χ4v) is 1.75. The summed E-state index contributed by atoms with van der Waals surface area (Å²) in [5.41, 5.74) is -1.48. The van der Waals surface area contributed by atoms with Crippen molar-refractivity contribution < 1.29 is 18.7 Å². The monoisotopic (exact) mass is 282 g/mol. The van der Waals surface area contributed by atoms with Crippen LogP contribution in [0.2, 0.25) is 0 Å². The maximum Gasteiger partial charge on any atom is 0.331 e. The third-order valence-corrected chi connectivity index (χ3v) is 3.26. The largest absolute Gasteiger partial charge is 0.479 e. The van der Waals surface area contributed by atoms with E-state index in [1.807, 2.05) is 0 Å². The van der Waals surface area contributed by atoms with Crippen molar-refractivity contribution in [2.75, 3.05) is 0 Å². The Morgan fingerprint density at radius 3 is 2.70 bits per heavy atom. The lowest BCUT2D eigenvalue weighted by atomic mass is 9.99. The van der Waals surface area contributed by atoms with Crippen LogP contribution in [-0.2, 0) is 10.3 Å². The first-order valence-corrected chi connectivity index (χ1v) is 5.88. The molecule has 0 aliphatic carbocycles. The predicted octanol–water partition coefficient (Wildman–Crippen LogP) is 1.83. The van der Waals surface area contributed by atoms with Crippen LogP contribution < -0.4 is 0 Å². The van der Waals surface area contributed by atoms with Crippen LogP contribution in [-0.4, -0.2) is 31.3 Å². The molecule has 0 saturated carbocycles. The first-order chi connectivity index (χ1) is 9.40. The highest BCUT2D eigenvalue weighted by atomic mass is 19.1. The molecule has 0 spiro atoms. The standard InChI is InChI=1S/C12H12F2N4O2/c1-3-12(2,11(19)20)18-10(15-16-17-18)8-5-4-7(13)6-9(8)14/h4-6H,3H2,1-2H3,(H,19,20). The molecule has 6 nitrogen and oxygen atoms in total. The van der Waals surface area contributed by atoms with Crippen molar-refractivity contribution in [2.24, 2.45) is 0 Å². The summed E-state index contributed by atoms with van der Waals surface area (Å²) in [4.78, 5) is 11.4. The first kappa shape index (κ1) is 14.0. The van der Waals surface area contributed by atoms with Gasteiger partial charge < -0.3 is 5.11 Å². The van der Waals surface area contributed by atoms with E-state index in [9.17, 15) is 18.7 Å². The molecule has 1 unspecified atom stereocenters. The molecule has 1 aromatic heterocycles. The van der Waals surface area contributed by atoms with Crippen LogP contribution in [0.4, 0.5) is 8.78 Å². The number of carbonyl (C=O) groups is 1. The van der Waals surface area contributed by atoms with Gasteiger partial charge in [0.15, 0.2) is 11.4 Å². The highest BCUT2D eigenvalue weighted by molar-refractivity contribution is 5.77. The average molecular weight is 282 g/mol. The molecule has 2 aromatic rings. The minimum Gasteiger partial charge on any atom is -0.479 e. The summed E-state index contributed by atoms with van der Waals surface area (Å²) in [7, 11) is 0. The van der Waals surface area contributed by atoms with Gasteiger partial charge in [0.1, 0.15) is 11.6 Å². The van der Waals surface area contributed by atoms with Crippen LogP contribution in [0.25, 0.3) is 11.4 Å². The van der Waals surface area contributed by atoms with E-state index >= 15 is 0 Å². The maximum atomic E-state index is 13.8. The maximum absolute atomic E-state index is 13.8. The molecule has 20 heavy (non-hydrogen) atoms. The van der Waals surface area contributed by atoms with Crippen molar-refractivity contribution in [3.05, 3.63) is 29.8 Å². The summed E-state index contributed by atoms with van der Waals surface area (Å²) in [6.07, 6.45) is 0.198. The molecule has 106 valence electrons. The van der Waals surface area contributed by atoms with Crippen LogP contribution in [0.3, 0.4) is 0 Å². The van der Waals surface area contributed by atoms with E-state index < -0.39 is 23.1 Å². The number of hydrogen-bond acceptors (Lipinski definition) is 4. The SMILES string of the molecule is CCC(C)(C(=O)O)n1nnnc1-c1ccc(F)cc1F. The zero-order valence-corrected chi connectivity index (χ0v) is 10.8. The van der Waals surface area contributed by atoms with Crippen molar-refractivity contribution in [3.8, 4) is 11.4 Å². The molecule has 0 radical (unpaired) electrons. The lowest BCUT2D eigenvalue weighted by molar-refractivity contribution is -0.147. The van der Waals surface area contributed by atoms with Gasteiger partial charge in [0.25, 0.3) is 0 Å². The summed E-state index contributed by atoms with van der Waals surface area (Å²) in [6, 6.07) is 2.92. The highest BCUT2D eigenvalue weighted by Crippen LogP contribution is 2.27. The van der Waals surface area contributed by atoms with Crippen LogP contribution in [0.15, 0.2) is 18.2 Å². The Morgan fingerprint density at radius 2 is 2.15 bits per heavy atom. The Kier molecular flexibility index (Phi) is 3.47. The Hall–Kier alpha value is -2.38. The zero-order chi connectivity index (χ0) is 14.9. The summed E-state index contributed by atoms with van der Waals surface area (Å²) in [5, 5.41) is 20.0. The number of carboxylic acid groups (broad SMARTS) is 1. The molecular weight excluding hydrogens is 270 g/mol. The molecule has 1 N–H and O–H groups in total. The molecule has 2 rings (SSSR count). The number of nitrogens with zero attached hydrogens (tertiary/aromatic N) is 4. The van der Waals surface area contributed by atoms with Gasteiger partial charge in [-0.2, -0.15) is 0 Å². The van der Waals surface area contributed by atoms with Crippen LogP contribution in [0.5, 0.6) is 0 Å². The number of aliphatic carboxylic acids is 1. The molecule has 1 aromatic carbocycles. The Labute approximate surface area is 113 Å². The smallest absolute Gasteiger partial charge is 0.331 e.